The van der Waals surface area contributed by atoms with E-state index in [4.69, 9.17) is 17.3 Å². The molecule has 3 rings (SSSR count). The first-order valence-electron chi connectivity index (χ1n) is 7.40. The molecule has 1 heterocycles. The molecule has 1 aromatic heterocycles. The van der Waals surface area contributed by atoms with Gasteiger partial charge >= 0.3 is 0 Å². The van der Waals surface area contributed by atoms with E-state index in [-0.39, 0.29) is 11.9 Å². The first kappa shape index (κ1) is 15.5. The number of nitrogens with zero attached hydrogens (tertiary/aromatic N) is 1. The van der Waals surface area contributed by atoms with Crippen LogP contribution in [-0.4, -0.2) is 23.5 Å². The van der Waals surface area contributed by atoms with Gasteiger partial charge in [0.1, 0.15) is 10.7 Å². The van der Waals surface area contributed by atoms with Crippen molar-refractivity contribution in [3.63, 3.8) is 0 Å². The number of carbonyl (C=O) groups is 1. The number of nitrogens with one attached hydrogen (secondary N) is 1. The van der Waals surface area contributed by atoms with Crippen molar-refractivity contribution < 1.29 is 4.79 Å². The van der Waals surface area contributed by atoms with Gasteiger partial charge in [0.15, 0.2) is 0 Å². The number of carbonyl (C=O) groups excluding carboxylic acids is 1. The van der Waals surface area contributed by atoms with Crippen molar-refractivity contribution >= 4 is 28.8 Å². The molecule has 1 aromatic carbocycles. The minimum Gasteiger partial charge on any atom is -0.348 e. The maximum Gasteiger partial charge on any atom is 0.271 e. The highest BCUT2D eigenvalue weighted by Gasteiger charge is 2.28. The minimum atomic E-state index is -0.109. The Labute approximate surface area is 138 Å². The summed E-state index contributed by atoms with van der Waals surface area (Å²) >= 11 is 7.35. The third-order valence-electron chi connectivity index (χ3n) is 4.11. The van der Waals surface area contributed by atoms with Gasteiger partial charge in [0.25, 0.3) is 5.91 Å². The summed E-state index contributed by atoms with van der Waals surface area (Å²) in [6, 6.07) is 7.64. The highest BCUT2D eigenvalue weighted by molar-refractivity contribution is 7.13. The van der Waals surface area contributed by atoms with E-state index in [1.165, 1.54) is 11.3 Å². The molecule has 0 radical (unpaired) electrons. The molecule has 0 aliphatic heterocycles. The molecule has 0 bridgehead atoms. The van der Waals surface area contributed by atoms with Crippen molar-refractivity contribution in [2.75, 3.05) is 6.54 Å². The van der Waals surface area contributed by atoms with E-state index in [0.717, 1.165) is 29.8 Å². The summed E-state index contributed by atoms with van der Waals surface area (Å²) in [4.78, 5) is 16.8. The molecule has 116 valence electrons. The molecule has 2 atom stereocenters. The quantitative estimate of drug-likeness (QED) is 0.900. The molecule has 1 amide bonds. The summed E-state index contributed by atoms with van der Waals surface area (Å²) in [6.07, 6.45) is 3.22. The van der Waals surface area contributed by atoms with Crippen LogP contribution in [0.5, 0.6) is 0 Å². The van der Waals surface area contributed by atoms with Crippen LogP contribution in [0.15, 0.2) is 29.6 Å². The summed E-state index contributed by atoms with van der Waals surface area (Å²) in [5, 5.41) is 6.38. The number of hydrogen-bond donors (Lipinski definition) is 2. The number of nitrogens with two attached hydrogens (primary N) is 1. The minimum absolute atomic E-state index is 0.109. The van der Waals surface area contributed by atoms with Crippen molar-refractivity contribution in [2.45, 2.75) is 25.3 Å². The molecule has 0 saturated heterocycles. The molecule has 0 spiro atoms. The number of halogens is 1. The zero-order valence-corrected chi connectivity index (χ0v) is 13.7. The smallest absolute Gasteiger partial charge is 0.271 e. The summed E-state index contributed by atoms with van der Waals surface area (Å²) in [5.74, 6) is 0.278. The Morgan fingerprint density at radius 2 is 2.14 bits per heavy atom. The van der Waals surface area contributed by atoms with Gasteiger partial charge < -0.3 is 11.1 Å². The van der Waals surface area contributed by atoms with Crippen LogP contribution in [0.25, 0.3) is 10.6 Å². The van der Waals surface area contributed by atoms with Gasteiger partial charge in [0.05, 0.1) is 0 Å². The maximum absolute atomic E-state index is 12.3. The Hall–Kier alpha value is -1.43. The molecule has 1 fully saturated rings. The highest BCUT2D eigenvalue weighted by atomic mass is 35.5. The molecule has 1 saturated carbocycles. The normalized spacial score (nSPS) is 21.0. The monoisotopic (exact) mass is 335 g/mol. The SMILES string of the molecule is NCC1CCCC1NC(=O)c1csc(-c2ccc(Cl)cc2)n1. The number of aromatic nitrogens is 1. The molecule has 2 aromatic rings. The van der Waals surface area contributed by atoms with E-state index in [9.17, 15) is 4.79 Å². The Balaban J connectivity index is 1.70. The Bertz CT molecular complexity index is 656. The predicted molar refractivity (Wildman–Crippen MR) is 90.2 cm³/mol. The second kappa shape index (κ2) is 6.77. The Kier molecular flexibility index (Phi) is 4.76. The van der Waals surface area contributed by atoms with Gasteiger partial charge in [-0.3, -0.25) is 4.79 Å². The van der Waals surface area contributed by atoms with E-state index in [1.54, 1.807) is 5.38 Å². The standard InChI is InChI=1S/C16H18ClN3OS/c17-12-6-4-10(5-7-12)16-20-14(9-22-16)15(21)19-13-3-1-2-11(13)8-18/h4-7,9,11,13H,1-3,8,18H2,(H,19,21). The van der Waals surface area contributed by atoms with Gasteiger partial charge in [-0.05, 0) is 37.4 Å². The molecule has 6 heteroatoms. The lowest BCUT2D eigenvalue weighted by molar-refractivity contribution is 0.0924. The lowest BCUT2D eigenvalue weighted by atomic mass is 10.0. The zero-order valence-electron chi connectivity index (χ0n) is 12.1. The maximum atomic E-state index is 12.3. The average molecular weight is 336 g/mol. The van der Waals surface area contributed by atoms with E-state index in [0.29, 0.717) is 23.2 Å². The van der Waals surface area contributed by atoms with Gasteiger partial charge in [-0.15, -0.1) is 11.3 Å². The molecular weight excluding hydrogens is 318 g/mol. The molecular formula is C16H18ClN3OS. The summed E-state index contributed by atoms with van der Waals surface area (Å²) < 4.78 is 0. The first-order valence-corrected chi connectivity index (χ1v) is 8.65. The van der Waals surface area contributed by atoms with E-state index in [1.807, 2.05) is 24.3 Å². The summed E-state index contributed by atoms with van der Waals surface area (Å²) in [7, 11) is 0. The van der Waals surface area contributed by atoms with Gasteiger partial charge in [0.2, 0.25) is 0 Å². The predicted octanol–water partition coefficient (Wildman–Crippen LogP) is 3.32. The number of rotatable bonds is 4. The first-order chi connectivity index (χ1) is 10.7. The van der Waals surface area contributed by atoms with Gasteiger partial charge in [0, 0.05) is 22.0 Å². The fourth-order valence-electron chi connectivity index (χ4n) is 2.85. The molecule has 3 N–H and O–H groups in total. The third-order valence-corrected chi connectivity index (χ3v) is 5.25. The van der Waals surface area contributed by atoms with Crippen LogP contribution in [0.1, 0.15) is 29.8 Å². The number of thiazole rings is 1. The molecule has 2 unspecified atom stereocenters. The van der Waals surface area contributed by atoms with Crippen LogP contribution < -0.4 is 11.1 Å². The fourth-order valence-corrected chi connectivity index (χ4v) is 3.79. The van der Waals surface area contributed by atoms with Crippen molar-refractivity contribution in [3.05, 3.63) is 40.4 Å². The highest BCUT2D eigenvalue weighted by Crippen LogP contribution is 2.27. The zero-order chi connectivity index (χ0) is 15.5. The van der Waals surface area contributed by atoms with Crippen LogP contribution in [0.3, 0.4) is 0 Å². The number of amides is 1. The van der Waals surface area contributed by atoms with Gasteiger partial charge in [-0.25, -0.2) is 4.98 Å². The van der Waals surface area contributed by atoms with Crippen LogP contribution in [0.4, 0.5) is 0 Å². The van der Waals surface area contributed by atoms with E-state index >= 15 is 0 Å². The average Bonchev–Trinajstić information content (AvgIpc) is 3.16. The van der Waals surface area contributed by atoms with Gasteiger partial charge in [-0.2, -0.15) is 0 Å². The van der Waals surface area contributed by atoms with Crippen molar-refractivity contribution in [1.82, 2.24) is 10.3 Å². The van der Waals surface area contributed by atoms with Gasteiger partial charge in [-0.1, -0.05) is 30.2 Å². The molecule has 1 aliphatic carbocycles. The molecule has 4 nitrogen and oxygen atoms in total. The van der Waals surface area contributed by atoms with E-state index < -0.39 is 0 Å². The van der Waals surface area contributed by atoms with Crippen LogP contribution >= 0.6 is 22.9 Å². The summed E-state index contributed by atoms with van der Waals surface area (Å²) in [5.41, 5.74) is 7.19. The summed E-state index contributed by atoms with van der Waals surface area (Å²) in [6.45, 7) is 0.623. The fraction of sp³-hybridized carbons (Fsp3) is 0.375. The van der Waals surface area contributed by atoms with Crippen molar-refractivity contribution in [2.24, 2.45) is 11.7 Å². The van der Waals surface area contributed by atoms with Crippen LogP contribution in [-0.2, 0) is 0 Å². The lowest BCUT2D eigenvalue weighted by Gasteiger charge is -2.18. The second-order valence-corrected chi connectivity index (χ2v) is 6.85. The molecule has 1 aliphatic rings. The van der Waals surface area contributed by atoms with Crippen LogP contribution in [0, 0.1) is 5.92 Å². The third kappa shape index (κ3) is 3.32. The van der Waals surface area contributed by atoms with E-state index in [2.05, 4.69) is 10.3 Å². The second-order valence-electron chi connectivity index (χ2n) is 5.55. The Morgan fingerprint density at radius 3 is 2.86 bits per heavy atom. The Morgan fingerprint density at radius 1 is 1.36 bits per heavy atom. The number of hydrogen-bond acceptors (Lipinski definition) is 4. The van der Waals surface area contributed by atoms with Crippen molar-refractivity contribution in [1.29, 1.82) is 0 Å². The largest absolute Gasteiger partial charge is 0.348 e. The lowest BCUT2D eigenvalue weighted by Crippen LogP contribution is -2.40. The molecule has 22 heavy (non-hydrogen) atoms. The van der Waals surface area contributed by atoms with Crippen molar-refractivity contribution in [3.8, 4) is 10.6 Å². The number of benzene rings is 1. The van der Waals surface area contributed by atoms with Crippen LogP contribution in [0.2, 0.25) is 5.02 Å². The topological polar surface area (TPSA) is 68.0 Å².